The Morgan fingerprint density at radius 2 is 1.85 bits per heavy atom. The van der Waals surface area contributed by atoms with Gasteiger partial charge in [0.25, 0.3) is 0 Å². The average Bonchev–Trinajstić information content (AvgIpc) is 2.53. The number of hydrogen-bond acceptors (Lipinski definition) is 1. The molecule has 1 fully saturated rings. The summed E-state index contributed by atoms with van der Waals surface area (Å²) in [5, 5.41) is 9.07. The van der Waals surface area contributed by atoms with E-state index in [4.69, 9.17) is 5.11 Å². The fourth-order valence-corrected chi connectivity index (χ4v) is 2.01. The molecule has 0 bridgehead atoms. The van der Waals surface area contributed by atoms with Gasteiger partial charge < -0.3 is 5.11 Å². The van der Waals surface area contributed by atoms with E-state index in [0.717, 1.165) is 18.4 Å². The Hall–Kier alpha value is -1.05. The molecule has 2 rings (SSSR count). The second kappa shape index (κ2) is 3.36. The summed E-state index contributed by atoms with van der Waals surface area (Å²) in [6, 6.07) is 6.89. The average molecular weight is 180 g/mol. The normalized spacial score (nSPS) is 27.8. The molecule has 2 atom stereocenters. The molecule has 1 aliphatic carbocycles. The molecule has 13 heavy (non-hydrogen) atoms. The largest absolute Gasteiger partial charge is 0.508 e. The number of halogens is 1. The van der Waals surface area contributed by atoms with Gasteiger partial charge >= 0.3 is 0 Å². The number of aromatic hydroxyl groups is 1. The van der Waals surface area contributed by atoms with Gasteiger partial charge in [-0.3, -0.25) is 0 Å². The Morgan fingerprint density at radius 1 is 1.15 bits per heavy atom. The van der Waals surface area contributed by atoms with E-state index in [0.29, 0.717) is 6.42 Å². The molecule has 1 aliphatic rings. The van der Waals surface area contributed by atoms with Gasteiger partial charge in [-0.05, 0) is 37.0 Å². The summed E-state index contributed by atoms with van der Waals surface area (Å²) in [7, 11) is 0. The maximum Gasteiger partial charge on any atom is 0.115 e. The van der Waals surface area contributed by atoms with Crippen LogP contribution in [-0.2, 0) is 0 Å². The van der Waals surface area contributed by atoms with E-state index in [9.17, 15) is 4.39 Å². The van der Waals surface area contributed by atoms with Crippen LogP contribution in [0.5, 0.6) is 5.75 Å². The fourth-order valence-electron chi connectivity index (χ4n) is 2.01. The number of benzene rings is 1. The van der Waals surface area contributed by atoms with Crippen LogP contribution in [0.4, 0.5) is 4.39 Å². The molecule has 0 aromatic heterocycles. The second-order valence-corrected chi connectivity index (χ2v) is 3.64. The zero-order valence-electron chi connectivity index (χ0n) is 7.41. The van der Waals surface area contributed by atoms with Gasteiger partial charge in [0.05, 0.1) is 0 Å². The molecule has 1 aromatic rings. The summed E-state index contributed by atoms with van der Waals surface area (Å²) in [4.78, 5) is 0. The lowest BCUT2D eigenvalue weighted by atomic mass is 9.97. The molecule has 0 heterocycles. The van der Waals surface area contributed by atoms with Crippen molar-refractivity contribution < 1.29 is 9.50 Å². The Bertz CT molecular complexity index is 281. The van der Waals surface area contributed by atoms with E-state index in [1.54, 1.807) is 12.1 Å². The van der Waals surface area contributed by atoms with Crippen molar-refractivity contribution in [3.05, 3.63) is 29.8 Å². The van der Waals surface area contributed by atoms with Crippen molar-refractivity contribution in [2.45, 2.75) is 31.4 Å². The van der Waals surface area contributed by atoms with Gasteiger partial charge in [0.1, 0.15) is 11.9 Å². The van der Waals surface area contributed by atoms with Crippen LogP contribution >= 0.6 is 0 Å². The van der Waals surface area contributed by atoms with Crippen molar-refractivity contribution in [2.24, 2.45) is 0 Å². The molecule has 0 radical (unpaired) electrons. The monoisotopic (exact) mass is 180 g/mol. The summed E-state index contributed by atoms with van der Waals surface area (Å²) in [5.74, 6) is 0.303. The molecule has 70 valence electrons. The van der Waals surface area contributed by atoms with Gasteiger partial charge in [-0.1, -0.05) is 12.1 Å². The summed E-state index contributed by atoms with van der Waals surface area (Å²) in [6.45, 7) is 0. The van der Waals surface area contributed by atoms with Crippen molar-refractivity contribution in [1.82, 2.24) is 0 Å². The van der Waals surface area contributed by atoms with Gasteiger partial charge in [-0.2, -0.15) is 0 Å². The van der Waals surface area contributed by atoms with Crippen molar-refractivity contribution >= 4 is 0 Å². The molecule has 2 heteroatoms. The Labute approximate surface area is 77.2 Å². The SMILES string of the molecule is Oc1ccc(C2CCCC2F)cc1. The molecular formula is C11H13FO. The highest BCUT2D eigenvalue weighted by molar-refractivity contribution is 5.29. The van der Waals surface area contributed by atoms with Gasteiger partial charge in [0, 0.05) is 5.92 Å². The maximum absolute atomic E-state index is 13.3. The van der Waals surface area contributed by atoms with Crippen molar-refractivity contribution in [1.29, 1.82) is 0 Å². The third-order valence-electron chi connectivity index (χ3n) is 2.75. The maximum atomic E-state index is 13.3. The van der Waals surface area contributed by atoms with Gasteiger partial charge in [-0.15, -0.1) is 0 Å². The van der Waals surface area contributed by atoms with E-state index in [1.807, 2.05) is 12.1 Å². The molecular weight excluding hydrogens is 167 g/mol. The third kappa shape index (κ3) is 1.67. The Morgan fingerprint density at radius 3 is 2.38 bits per heavy atom. The number of alkyl halides is 1. The predicted octanol–water partition coefficient (Wildman–Crippen LogP) is 3.00. The smallest absolute Gasteiger partial charge is 0.115 e. The lowest BCUT2D eigenvalue weighted by Crippen LogP contribution is -2.05. The van der Waals surface area contributed by atoms with E-state index in [2.05, 4.69) is 0 Å². The van der Waals surface area contributed by atoms with Crippen LogP contribution < -0.4 is 0 Å². The minimum atomic E-state index is -0.690. The van der Waals surface area contributed by atoms with E-state index < -0.39 is 6.17 Å². The number of hydrogen-bond donors (Lipinski definition) is 1. The first-order valence-electron chi connectivity index (χ1n) is 4.70. The summed E-state index contributed by atoms with van der Waals surface area (Å²) < 4.78 is 13.3. The zero-order chi connectivity index (χ0) is 9.26. The highest BCUT2D eigenvalue weighted by Crippen LogP contribution is 2.36. The van der Waals surface area contributed by atoms with Crippen LogP contribution in [0, 0.1) is 0 Å². The molecule has 1 saturated carbocycles. The first-order chi connectivity index (χ1) is 6.27. The quantitative estimate of drug-likeness (QED) is 0.704. The fraction of sp³-hybridized carbons (Fsp3) is 0.455. The highest BCUT2D eigenvalue weighted by Gasteiger charge is 2.27. The summed E-state index contributed by atoms with van der Waals surface area (Å²) in [5.41, 5.74) is 1.02. The first-order valence-corrected chi connectivity index (χ1v) is 4.70. The van der Waals surface area contributed by atoms with Crippen LogP contribution in [0.1, 0.15) is 30.7 Å². The predicted molar refractivity (Wildman–Crippen MR) is 49.6 cm³/mol. The molecule has 1 N–H and O–H groups in total. The number of rotatable bonds is 1. The van der Waals surface area contributed by atoms with Crippen LogP contribution in [0.25, 0.3) is 0 Å². The molecule has 1 nitrogen and oxygen atoms in total. The van der Waals surface area contributed by atoms with E-state index in [1.165, 1.54) is 0 Å². The van der Waals surface area contributed by atoms with Gasteiger partial charge in [-0.25, -0.2) is 4.39 Å². The lowest BCUT2D eigenvalue weighted by molar-refractivity contribution is 0.312. The molecule has 1 aromatic carbocycles. The van der Waals surface area contributed by atoms with Crippen LogP contribution in [-0.4, -0.2) is 11.3 Å². The minimum Gasteiger partial charge on any atom is -0.508 e. The summed E-state index contributed by atoms with van der Waals surface area (Å²) in [6.07, 6.45) is 1.91. The Balaban J connectivity index is 2.20. The minimum absolute atomic E-state index is 0.0561. The van der Waals surface area contributed by atoms with Gasteiger partial charge in [0.15, 0.2) is 0 Å². The molecule has 0 aliphatic heterocycles. The van der Waals surface area contributed by atoms with Crippen LogP contribution in [0.2, 0.25) is 0 Å². The number of phenols is 1. The van der Waals surface area contributed by atoms with Gasteiger partial charge in [0.2, 0.25) is 0 Å². The highest BCUT2D eigenvalue weighted by atomic mass is 19.1. The molecule has 0 saturated heterocycles. The van der Waals surface area contributed by atoms with Crippen LogP contribution in [0.3, 0.4) is 0 Å². The second-order valence-electron chi connectivity index (χ2n) is 3.64. The van der Waals surface area contributed by atoms with Crippen LogP contribution in [0.15, 0.2) is 24.3 Å². The van der Waals surface area contributed by atoms with Crippen molar-refractivity contribution in [2.75, 3.05) is 0 Å². The van der Waals surface area contributed by atoms with Crippen molar-refractivity contribution in [3.8, 4) is 5.75 Å². The molecule has 2 unspecified atom stereocenters. The van der Waals surface area contributed by atoms with Crippen molar-refractivity contribution in [3.63, 3.8) is 0 Å². The molecule has 0 amide bonds. The standard InChI is InChI=1S/C11H13FO/c12-11-3-1-2-10(11)8-4-6-9(13)7-5-8/h4-7,10-11,13H,1-3H2. The molecule has 0 spiro atoms. The zero-order valence-corrected chi connectivity index (χ0v) is 7.41. The first kappa shape index (κ1) is 8.54. The Kier molecular flexibility index (Phi) is 2.21. The lowest BCUT2D eigenvalue weighted by Gasteiger charge is -2.12. The summed E-state index contributed by atoms with van der Waals surface area (Å²) >= 11 is 0. The van der Waals surface area contributed by atoms with E-state index in [-0.39, 0.29) is 11.7 Å². The topological polar surface area (TPSA) is 20.2 Å². The third-order valence-corrected chi connectivity index (χ3v) is 2.75. The number of phenolic OH excluding ortho intramolecular Hbond substituents is 1. The van der Waals surface area contributed by atoms with E-state index >= 15 is 0 Å².